The summed E-state index contributed by atoms with van der Waals surface area (Å²) in [6.07, 6.45) is 3.25. The Morgan fingerprint density at radius 1 is 1.22 bits per heavy atom. The van der Waals surface area contributed by atoms with Crippen molar-refractivity contribution in [2.75, 3.05) is 13.1 Å². The van der Waals surface area contributed by atoms with Crippen LogP contribution in [0.1, 0.15) is 31.1 Å². The number of allylic oxidation sites excluding steroid dienone is 1. The van der Waals surface area contributed by atoms with Gasteiger partial charge in [-0.25, -0.2) is 0 Å². The van der Waals surface area contributed by atoms with Gasteiger partial charge >= 0.3 is 0 Å². The minimum absolute atomic E-state index is 0.472. The van der Waals surface area contributed by atoms with Crippen LogP contribution in [0.4, 0.5) is 0 Å². The van der Waals surface area contributed by atoms with E-state index >= 15 is 0 Å². The molecule has 1 aromatic rings. The van der Waals surface area contributed by atoms with Gasteiger partial charge in [0.05, 0.1) is 4.20 Å². The highest BCUT2D eigenvalue weighted by atomic mass is 32.2. The van der Waals surface area contributed by atoms with Crippen LogP contribution in [0.3, 0.4) is 0 Å². The Morgan fingerprint density at radius 3 is 2.50 bits per heavy atom. The van der Waals surface area contributed by atoms with Crippen LogP contribution in [0.2, 0.25) is 0 Å². The molecule has 0 bridgehead atoms. The topological polar surface area (TPSA) is 3.24 Å². The number of hydrogen-bond donors (Lipinski definition) is 0. The van der Waals surface area contributed by atoms with Gasteiger partial charge in [0.1, 0.15) is 0 Å². The van der Waals surface area contributed by atoms with Crippen LogP contribution in [0, 0.1) is 0 Å². The van der Waals surface area contributed by atoms with Crippen molar-refractivity contribution < 1.29 is 0 Å². The van der Waals surface area contributed by atoms with Gasteiger partial charge in [0.2, 0.25) is 0 Å². The third kappa shape index (κ3) is 3.15. The summed E-state index contributed by atoms with van der Waals surface area (Å²) in [4.78, 5) is 2.40. The van der Waals surface area contributed by atoms with Crippen LogP contribution < -0.4 is 0 Å². The molecule has 1 unspecified atom stereocenters. The molecule has 0 saturated heterocycles. The maximum absolute atomic E-state index is 5.43. The average molecular weight is 277 g/mol. The molecule has 0 saturated carbocycles. The summed E-state index contributed by atoms with van der Waals surface area (Å²) in [5, 5.41) is 0.472. The lowest BCUT2D eigenvalue weighted by Crippen LogP contribution is -2.25. The highest BCUT2D eigenvalue weighted by molar-refractivity contribution is 8.23. The Bertz CT molecular complexity index is 435. The molecule has 3 heteroatoms. The van der Waals surface area contributed by atoms with Gasteiger partial charge in [0.25, 0.3) is 0 Å². The molecule has 0 aromatic heterocycles. The predicted octanol–water partition coefficient (Wildman–Crippen LogP) is 4.42. The standard InChI is InChI=1S/C15H19NS2/c1-3-16(4-2)13-10-14(18-15(17)11-13)12-8-6-5-7-9-12/h5-9,11,14H,3-4,10H2,1-2H3. The summed E-state index contributed by atoms with van der Waals surface area (Å²) in [5.41, 5.74) is 2.76. The molecule has 1 aromatic carbocycles. The van der Waals surface area contributed by atoms with Crippen molar-refractivity contribution >= 4 is 28.2 Å². The Labute approximate surface area is 119 Å². The van der Waals surface area contributed by atoms with E-state index in [1.54, 1.807) is 0 Å². The predicted molar refractivity (Wildman–Crippen MR) is 85.0 cm³/mol. The van der Waals surface area contributed by atoms with Crippen LogP contribution >= 0.6 is 24.0 Å². The van der Waals surface area contributed by atoms with E-state index in [4.69, 9.17) is 12.2 Å². The fraction of sp³-hybridized carbons (Fsp3) is 0.400. The van der Waals surface area contributed by atoms with Gasteiger partial charge in [0, 0.05) is 30.5 Å². The normalized spacial score (nSPS) is 19.6. The van der Waals surface area contributed by atoms with E-state index in [-0.39, 0.29) is 0 Å². The molecule has 1 aliphatic heterocycles. The maximum atomic E-state index is 5.43. The van der Waals surface area contributed by atoms with Gasteiger partial charge in [-0.05, 0) is 25.5 Å². The first-order valence-electron chi connectivity index (χ1n) is 6.45. The second-order valence-corrected chi connectivity index (χ2v) is 6.29. The summed E-state index contributed by atoms with van der Waals surface area (Å²) >= 11 is 7.24. The Hall–Kier alpha value is -0.800. The second kappa shape index (κ2) is 6.39. The molecule has 1 heterocycles. The van der Waals surface area contributed by atoms with E-state index in [1.807, 2.05) is 11.8 Å². The van der Waals surface area contributed by atoms with Gasteiger partial charge < -0.3 is 4.90 Å². The first-order valence-corrected chi connectivity index (χ1v) is 7.74. The molecule has 2 rings (SSSR count). The molecule has 96 valence electrons. The lowest BCUT2D eigenvalue weighted by Gasteiger charge is -2.31. The first kappa shape index (κ1) is 13.6. The van der Waals surface area contributed by atoms with Crippen LogP contribution in [0.5, 0.6) is 0 Å². The molecule has 0 fully saturated rings. The third-order valence-electron chi connectivity index (χ3n) is 3.28. The van der Waals surface area contributed by atoms with E-state index < -0.39 is 0 Å². The Balaban J connectivity index is 2.19. The highest BCUT2D eigenvalue weighted by Crippen LogP contribution is 2.40. The fourth-order valence-electron chi connectivity index (χ4n) is 2.30. The number of hydrogen-bond acceptors (Lipinski definition) is 3. The van der Waals surface area contributed by atoms with E-state index in [0.29, 0.717) is 5.25 Å². The molecule has 18 heavy (non-hydrogen) atoms. The van der Waals surface area contributed by atoms with E-state index in [0.717, 1.165) is 23.7 Å². The minimum atomic E-state index is 0.472. The van der Waals surface area contributed by atoms with Gasteiger partial charge in [-0.15, -0.1) is 11.8 Å². The van der Waals surface area contributed by atoms with Gasteiger partial charge in [-0.1, -0.05) is 42.5 Å². The molecule has 0 spiro atoms. The van der Waals surface area contributed by atoms with E-state index in [1.165, 1.54) is 11.3 Å². The molecule has 1 nitrogen and oxygen atoms in total. The number of nitrogens with zero attached hydrogens (tertiary/aromatic N) is 1. The smallest absolute Gasteiger partial charge is 0.0729 e. The zero-order chi connectivity index (χ0) is 13.0. The van der Waals surface area contributed by atoms with Crippen molar-refractivity contribution in [1.82, 2.24) is 4.90 Å². The Kier molecular flexibility index (Phi) is 4.84. The van der Waals surface area contributed by atoms with Crippen LogP contribution in [0.25, 0.3) is 0 Å². The molecule has 0 N–H and O–H groups in total. The van der Waals surface area contributed by atoms with Crippen LogP contribution in [0.15, 0.2) is 42.1 Å². The SMILES string of the molecule is CCN(CC)C1=CC(=S)SC(c2ccccc2)C1. The highest BCUT2D eigenvalue weighted by Gasteiger charge is 2.22. The zero-order valence-corrected chi connectivity index (χ0v) is 12.6. The van der Waals surface area contributed by atoms with Crippen molar-refractivity contribution in [2.45, 2.75) is 25.5 Å². The lowest BCUT2D eigenvalue weighted by molar-refractivity contribution is 0.367. The zero-order valence-electron chi connectivity index (χ0n) is 10.9. The van der Waals surface area contributed by atoms with Gasteiger partial charge in [-0.3, -0.25) is 0 Å². The first-order chi connectivity index (χ1) is 8.74. The Morgan fingerprint density at radius 2 is 1.89 bits per heavy atom. The number of thiocarbonyl (C=S) groups is 1. The summed E-state index contributed by atoms with van der Waals surface area (Å²) < 4.78 is 1.01. The fourth-order valence-corrected chi connectivity index (χ4v) is 3.82. The summed E-state index contributed by atoms with van der Waals surface area (Å²) in [7, 11) is 0. The summed E-state index contributed by atoms with van der Waals surface area (Å²) in [6, 6.07) is 10.7. The molecule has 0 amide bonds. The van der Waals surface area contributed by atoms with Crippen LogP contribution in [-0.2, 0) is 0 Å². The maximum Gasteiger partial charge on any atom is 0.0729 e. The monoisotopic (exact) mass is 277 g/mol. The number of benzene rings is 1. The van der Waals surface area contributed by atoms with Crippen molar-refractivity contribution in [1.29, 1.82) is 0 Å². The van der Waals surface area contributed by atoms with E-state index in [9.17, 15) is 0 Å². The van der Waals surface area contributed by atoms with Crippen LogP contribution in [-0.4, -0.2) is 22.2 Å². The molecular formula is C15H19NS2. The molecule has 0 aliphatic carbocycles. The van der Waals surface area contributed by atoms with Crippen molar-refractivity contribution in [2.24, 2.45) is 0 Å². The summed E-state index contributed by atoms with van der Waals surface area (Å²) in [6.45, 7) is 6.51. The number of rotatable bonds is 4. The van der Waals surface area contributed by atoms with Crippen molar-refractivity contribution in [3.05, 3.63) is 47.7 Å². The summed E-state index contributed by atoms with van der Waals surface area (Å²) in [5.74, 6) is 0. The van der Waals surface area contributed by atoms with E-state index in [2.05, 4.69) is 55.2 Å². The number of thioether (sulfide) groups is 1. The average Bonchev–Trinajstić information content (AvgIpc) is 2.40. The van der Waals surface area contributed by atoms with Gasteiger partial charge in [0.15, 0.2) is 0 Å². The van der Waals surface area contributed by atoms with Crippen molar-refractivity contribution in [3.8, 4) is 0 Å². The molecule has 1 aliphatic rings. The molecular weight excluding hydrogens is 258 g/mol. The minimum Gasteiger partial charge on any atom is -0.375 e. The quantitative estimate of drug-likeness (QED) is 0.750. The van der Waals surface area contributed by atoms with Gasteiger partial charge in [-0.2, -0.15) is 0 Å². The largest absolute Gasteiger partial charge is 0.375 e. The third-order valence-corrected chi connectivity index (χ3v) is 4.76. The second-order valence-electron chi connectivity index (χ2n) is 4.35. The van der Waals surface area contributed by atoms with Crippen molar-refractivity contribution in [3.63, 3.8) is 0 Å². The molecule has 1 atom stereocenters. The lowest BCUT2D eigenvalue weighted by atomic mass is 10.1. The molecule has 0 radical (unpaired) electrons.